The van der Waals surface area contributed by atoms with Gasteiger partial charge in [0.25, 0.3) is 5.91 Å². The lowest BCUT2D eigenvalue weighted by molar-refractivity contribution is -0.147. The molecule has 3 aromatic rings. The van der Waals surface area contributed by atoms with Crippen molar-refractivity contribution in [2.45, 2.75) is 57.3 Å². The lowest BCUT2D eigenvalue weighted by Gasteiger charge is -2.30. The second kappa shape index (κ2) is 14.3. The van der Waals surface area contributed by atoms with Crippen molar-refractivity contribution in [3.63, 3.8) is 0 Å². The fourth-order valence-electron chi connectivity index (χ4n) is 4.31. The van der Waals surface area contributed by atoms with Crippen molar-refractivity contribution >= 4 is 34.8 Å². The first-order valence-electron chi connectivity index (χ1n) is 13.2. The van der Waals surface area contributed by atoms with E-state index in [-0.39, 0.29) is 31.4 Å². The average molecular weight is 581 g/mol. The monoisotopic (exact) mass is 580 g/mol. The van der Waals surface area contributed by atoms with Gasteiger partial charge >= 0.3 is 11.9 Å². The summed E-state index contributed by atoms with van der Waals surface area (Å²) in [5, 5.41) is 21.9. The van der Waals surface area contributed by atoms with Crippen LogP contribution in [-0.4, -0.2) is 61.7 Å². The summed E-state index contributed by atoms with van der Waals surface area (Å²) in [5.74, 6) is -5.26. The number of aliphatic hydroxyl groups is 1. The number of carboxylic acids is 1. The second-order valence-electron chi connectivity index (χ2n) is 10.5. The summed E-state index contributed by atoms with van der Waals surface area (Å²) < 4.78 is 19.6. The Balaban J connectivity index is 1.99. The molecule has 2 aromatic carbocycles. The smallest absolute Gasteiger partial charge is 0.331 e. The van der Waals surface area contributed by atoms with Crippen LogP contribution in [0.25, 0.3) is 11.0 Å². The molecule has 11 nitrogen and oxygen atoms in total. The van der Waals surface area contributed by atoms with Crippen molar-refractivity contribution in [3.8, 4) is 0 Å². The Morgan fingerprint density at radius 1 is 1.10 bits per heavy atom. The number of fused-ring (bicyclic) bond motifs is 1. The van der Waals surface area contributed by atoms with Gasteiger partial charge in [0, 0.05) is 18.1 Å². The van der Waals surface area contributed by atoms with Crippen LogP contribution in [0.3, 0.4) is 0 Å². The summed E-state index contributed by atoms with van der Waals surface area (Å²) in [4.78, 5) is 58.0. The van der Waals surface area contributed by atoms with E-state index in [1.165, 1.54) is 24.4 Å². The van der Waals surface area contributed by atoms with Crippen molar-refractivity contribution in [2.24, 2.45) is 11.7 Å². The Kier molecular flexibility index (Phi) is 10.8. The molecule has 0 saturated heterocycles. The minimum atomic E-state index is -1.39. The highest BCUT2D eigenvalue weighted by atomic mass is 19.1. The van der Waals surface area contributed by atoms with Gasteiger partial charge in [-0.2, -0.15) is 0 Å². The van der Waals surface area contributed by atoms with Crippen LogP contribution in [0.1, 0.15) is 49.2 Å². The van der Waals surface area contributed by atoms with Gasteiger partial charge in [-0.05, 0) is 69.4 Å². The number of para-hydroxylation sites is 2. The van der Waals surface area contributed by atoms with Crippen LogP contribution in [0.4, 0.5) is 4.39 Å². The van der Waals surface area contributed by atoms with Gasteiger partial charge in [0.05, 0.1) is 28.9 Å². The molecule has 0 fully saturated rings. The first kappa shape index (κ1) is 31.8. The highest BCUT2D eigenvalue weighted by Gasteiger charge is 2.33. The number of nitrogens with two attached hydrogens (primary N) is 1. The number of nitrogens with one attached hydrogen (secondary N) is 1. The van der Waals surface area contributed by atoms with Gasteiger partial charge in [-0.15, -0.1) is 0 Å². The number of hydrogen-bond acceptors (Lipinski definition) is 8. The van der Waals surface area contributed by atoms with E-state index in [0.717, 1.165) is 0 Å². The molecule has 0 radical (unpaired) electrons. The maximum atomic E-state index is 14.1. The molecule has 222 valence electrons. The molecule has 12 heteroatoms. The van der Waals surface area contributed by atoms with Gasteiger partial charge in [-0.3, -0.25) is 14.6 Å². The van der Waals surface area contributed by atoms with E-state index in [1.54, 1.807) is 44.2 Å². The molecule has 0 spiro atoms. The van der Waals surface area contributed by atoms with E-state index in [1.807, 2.05) is 0 Å². The highest BCUT2D eigenvalue weighted by molar-refractivity contribution is 5.94. The number of carbonyl (C=O) groups is 4. The normalized spacial score (nSPS) is 13.8. The van der Waals surface area contributed by atoms with Gasteiger partial charge < -0.3 is 26.0 Å². The van der Waals surface area contributed by atoms with Crippen LogP contribution in [-0.2, 0) is 25.5 Å². The molecule has 5 N–H and O–H groups in total. The van der Waals surface area contributed by atoms with Crippen molar-refractivity contribution in [3.05, 3.63) is 84.0 Å². The van der Waals surface area contributed by atoms with Crippen molar-refractivity contribution in [1.29, 1.82) is 0 Å². The van der Waals surface area contributed by atoms with Gasteiger partial charge in [-0.25, -0.2) is 19.0 Å². The Morgan fingerprint density at radius 3 is 2.45 bits per heavy atom. The van der Waals surface area contributed by atoms with Gasteiger partial charge in [0.2, 0.25) is 5.91 Å². The minimum Gasteiger partial charge on any atom is -0.478 e. The molecule has 0 aliphatic rings. The number of esters is 1. The van der Waals surface area contributed by atoms with E-state index in [0.29, 0.717) is 28.7 Å². The van der Waals surface area contributed by atoms with Gasteiger partial charge in [0.15, 0.2) is 0 Å². The summed E-state index contributed by atoms with van der Waals surface area (Å²) in [6.45, 7) is 3.13. The average Bonchev–Trinajstić information content (AvgIpc) is 2.92. The lowest BCUT2D eigenvalue weighted by atomic mass is 9.87. The standard InChI is InChI=1S/C30H33FN4O7/c1-30(2,41)13-12-19(28(32)39)16-25(42-27(38)11-10-26(36)37)23(15-18-6-5-7-20(31)14-18)35-29(40)24-17-33-21-8-3-4-9-22(21)34-24/h3-11,14,17,19,23,25,41H,12-13,15-16H2,1-2H3,(H2,32,39)(H,35,40)(H,36,37)/t19-,23+,25+/m1/s1. The zero-order chi connectivity index (χ0) is 30.9. The van der Waals surface area contributed by atoms with Gasteiger partial charge in [-0.1, -0.05) is 24.3 Å². The first-order chi connectivity index (χ1) is 19.8. The van der Waals surface area contributed by atoms with E-state index in [9.17, 15) is 28.7 Å². The Labute approximate surface area is 241 Å². The summed E-state index contributed by atoms with van der Waals surface area (Å²) in [6.07, 6.45) is 1.44. The fourth-order valence-corrected chi connectivity index (χ4v) is 4.31. The third kappa shape index (κ3) is 10.0. The molecule has 0 saturated carbocycles. The highest BCUT2D eigenvalue weighted by Crippen LogP contribution is 2.24. The molecule has 1 aromatic heterocycles. The SMILES string of the molecule is CC(C)(O)CC[C@H](C[C@H](OC(=O)C=CC(=O)O)[C@H](Cc1cccc(F)c1)NC(=O)c1cnc2ccccc2n1)C(N)=O. The number of rotatable bonds is 14. The number of aromatic nitrogens is 2. The fraction of sp³-hybridized carbons (Fsp3) is 0.333. The van der Waals surface area contributed by atoms with Crippen molar-refractivity contribution < 1.29 is 38.5 Å². The predicted octanol–water partition coefficient (Wildman–Crippen LogP) is 2.71. The first-order valence-corrected chi connectivity index (χ1v) is 13.2. The van der Waals surface area contributed by atoms with Crippen LogP contribution < -0.4 is 11.1 Å². The van der Waals surface area contributed by atoms with Crippen molar-refractivity contribution in [2.75, 3.05) is 0 Å². The number of benzene rings is 2. The Morgan fingerprint density at radius 2 is 1.81 bits per heavy atom. The largest absolute Gasteiger partial charge is 0.478 e. The van der Waals surface area contributed by atoms with Crippen LogP contribution in [0, 0.1) is 11.7 Å². The van der Waals surface area contributed by atoms with Crippen LogP contribution in [0.2, 0.25) is 0 Å². The minimum absolute atomic E-state index is 0.0396. The van der Waals surface area contributed by atoms with E-state index >= 15 is 0 Å². The molecular weight excluding hydrogens is 547 g/mol. The molecule has 0 bridgehead atoms. The Bertz CT molecular complexity index is 1470. The predicted molar refractivity (Wildman–Crippen MR) is 150 cm³/mol. The molecule has 0 aliphatic carbocycles. The number of primary amides is 1. The number of halogens is 1. The number of carbonyl (C=O) groups excluding carboxylic acids is 3. The number of ether oxygens (including phenoxy) is 1. The molecule has 3 atom stereocenters. The number of amides is 2. The zero-order valence-electron chi connectivity index (χ0n) is 23.2. The Hall–Kier alpha value is -4.71. The molecule has 0 unspecified atom stereocenters. The zero-order valence-corrected chi connectivity index (χ0v) is 23.2. The number of carboxylic acid groups (broad SMARTS) is 1. The molecule has 2 amide bonds. The third-order valence-corrected chi connectivity index (χ3v) is 6.44. The molecule has 3 rings (SSSR count). The topological polar surface area (TPSA) is 182 Å². The number of nitrogens with zero attached hydrogens (tertiary/aromatic N) is 2. The summed E-state index contributed by atoms with van der Waals surface area (Å²) >= 11 is 0. The number of hydrogen-bond donors (Lipinski definition) is 4. The van der Waals surface area contributed by atoms with Crippen LogP contribution in [0.5, 0.6) is 0 Å². The number of aliphatic carboxylic acids is 1. The van der Waals surface area contributed by atoms with Crippen LogP contribution >= 0.6 is 0 Å². The maximum absolute atomic E-state index is 14.1. The van der Waals surface area contributed by atoms with E-state index in [4.69, 9.17) is 15.6 Å². The van der Waals surface area contributed by atoms with E-state index < -0.39 is 53.2 Å². The maximum Gasteiger partial charge on any atom is 0.331 e. The summed E-state index contributed by atoms with van der Waals surface area (Å²) in [6, 6.07) is 11.5. The molecular formula is C30H33FN4O7. The van der Waals surface area contributed by atoms with Crippen molar-refractivity contribution in [1.82, 2.24) is 15.3 Å². The molecule has 0 aliphatic heterocycles. The third-order valence-electron chi connectivity index (χ3n) is 6.44. The summed E-state index contributed by atoms with van der Waals surface area (Å²) in [7, 11) is 0. The summed E-state index contributed by atoms with van der Waals surface area (Å²) in [5.41, 5.74) is 5.98. The van der Waals surface area contributed by atoms with Gasteiger partial charge in [0.1, 0.15) is 17.6 Å². The molecule has 1 heterocycles. The lowest BCUT2D eigenvalue weighted by Crippen LogP contribution is -2.48. The quantitative estimate of drug-likeness (QED) is 0.165. The second-order valence-corrected chi connectivity index (χ2v) is 10.5. The van der Waals surface area contributed by atoms with E-state index in [2.05, 4.69) is 15.3 Å². The molecule has 42 heavy (non-hydrogen) atoms. The van der Waals surface area contributed by atoms with Crippen LogP contribution in [0.15, 0.2) is 66.9 Å².